The summed E-state index contributed by atoms with van der Waals surface area (Å²) in [4.78, 5) is 23.4. The van der Waals surface area contributed by atoms with Crippen molar-refractivity contribution in [2.75, 3.05) is 19.7 Å². The number of aliphatic carboxylic acids is 1. The number of ether oxygens (including phenoxy) is 1. The smallest absolute Gasteiger partial charge is 0.320 e. The van der Waals surface area contributed by atoms with E-state index in [1.807, 2.05) is 4.90 Å². The number of carbonyl (C=O) groups is 1. The lowest BCUT2D eigenvalue weighted by Crippen LogP contribution is -2.46. The molecule has 1 unspecified atom stereocenters. The summed E-state index contributed by atoms with van der Waals surface area (Å²) in [7, 11) is 0. The molecule has 0 aliphatic carbocycles. The molecule has 1 aliphatic rings. The van der Waals surface area contributed by atoms with E-state index in [9.17, 15) is 20.0 Å². The fourth-order valence-corrected chi connectivity index (χ4v) is 2.54. The molecular formula is C14H19ClN2O5. The van der Waals surface area contributed by atoms with Gasteiger partial charge >= 0.3 is 11.7 Å². The minimum atomic E-state index is -0.819. The van der Waals surface area contributed by atoms with Crippen LogP contribution >= 0.6 is 12.4 Å². The van der Waals surface area contributed by atoms with Gasteiger partial charge in [-0.05, 0) is 25.5 Å². The molecule has 122 valence electrons. The Bertz CT molecular complexity index is 526. The monoisotopic (exact) mass is 330 g/mol. The van der Waals surface area contributed by atoms with Crippen molar-refractivity contribution in [1.29, 1.82) is 0 Å². The zero-order valence-electron chi connectivity index (χ0n) is 12.0. The van der Waals surface area contributed by atoms with Crippen molar-refractivity contribution in [2.45, 2.75) is 25.3 Å². The van der Waals surface area contributed by atoms with Gasteiger partial charge in [0.2, 0.25) is 0 Å². The summed E-state index contributed by atoms with van der Waals surface area (Å²) in [6.07, 6.45) is 2.52. The number of nitro benzene ring substituents is 1. The summed E-state index contributed by atoms with van der Waals surface area (Å²) in [6.45, 7) is 1.40. The van der Waals surface area contributed by atoms with Crippen LogP contribution in [0.5, 0.6) is 5.75 Å². The van der Waals surface area contributed by atoms with Crippen LogP contribution in [0.15, 0.2) is 24.3 Å². The molecule has 22 heavy (non-hydrogen) atoms. The average Bonchev–Trinajstić information content (AvgIpc) is 2.48. The Labute approximate surface area is 134 Å². The summed E-state index contributed by atoms with van der Waals surface area (Å²) < 4.78 is 5.45. The number of carboxylic acid groups (broad SMARTS) is 1. The highest BCUT2D eigenvalue weighted by atomic mass is 35.5. The molecular weight excluding hydrogens is 312 g/mol. The molecule has 1 heterocycles. The van der Waals surface area contributed by atoms with Gasteiger partial charge in [-0.25, -0.2) is 0 Å². The molecule has 0 spiro atoms. The van der Waals surface area contributed by atoms with Gasteiger partial charge in [-0.2, -0.15) is 0 Å². The average molecular weight is 331 g/mol. The number of hydrogen-bond acceptors (Lipinski definition) is 5. The Morgan fingerprint density at radius 2 is 2.14 bits per heavy atom. The third-order valence-electron chi connectivity index (χ3n) is 3.60. The maximum atomic E-state index is 11.2. The molecule has 1 aromatic rings. The van der Waals surface area contributed by atoms with Crippen molar-refractivity contribution in [1.82, 2.24) is 4.90 Å². The van der Waals surface area contributed by atoms with Crippen LogP contribution in [0.25, 0.3) is 0 Å². The van der Waals surface area contributed by atoms with E-state index in [0.29, 0.717) is 13.0 Å². The number of piperidine rings is 1. The van der Waals surface area contributed by atoms with Crippen LogP contribution in [0.1, 0.15) is 19.3 Å². The predicted molar refractivity (Wildman–Crippen MR) is 82.7 cm³/mol. The van der Waals surface area contributed by atoms with Gasteiger partial charge in [0.15, 0.2) is 5.75 Å². The molecule has 0 radical (unpaired) electrons. The van der Waals surface area contributed by atoms with Crippen molar-refractivity contribution >= 4 is 24.1 Å². The zero-order valence-corrected chi connectivity index (χ0v) is 12.8. The lowest BCUT2D eigenvalue weighted by molar-refractivity contribution is -0.385. The first kappa shape index (κ1) is 18.2. The molecule has 1 aromatic carbocycles. The fourth-order valence-electron chi connectivity index (χ4n) is 2.54. The highest BCUT2D eigenvalue weighted by molar-refractivity contribution is 5.85. The van der Waals surface area contributed by atoms with Crippen molar-refractivity contribution in [3.8, 4) is 5.75 Å². The third kappa shape index (κ3) is 4.57. The molecule has 8 heteroatoms. The standard InChI is InChI=1S/C14H18N2O5.ClH/c17-14(18)12-6-3-4-8-15(12)9-10-21-13-7-2-1-5-11(13)16(19)20;/h1-2,5,7,12H,3-4,6,8-10H2,(H,17,18);1H. The lowest BCUT2D eigenvalue weighted by atomic mass is 10.0. The highest BCUT2D eigenvalue weighted by Gasteiger charge is 2.28. The third-order valence-corrected chi connectivity index (χ3v) is 3.60. The van der Waals surface area contributed by atoms with Crippen LogP contribution in [0.3, 0.4) is 0 Å². The topological polar surface area (TPSA) is 92.9 Å². The van der Waals surface area contributed by atoms with Gasteiger partial charge < -0.3 is 9.84 Å². The number of para-hydroxylation sites is 2. The molecule has 2 rings (SSSR count). The SMILES string of the molecule is Cl.O=C(O)C1CCCCN1CCOc1ccccc1[N+](=O)[O-]. The second-order valence-corrected chi connectivity index (χ2v) is 4.96. The van der Waals surface area contributed by atoms with Gasteiger partial charge in [0, 0.05) is 12.6 Å². The Balaban J connectivity index is 0.00000242. The number of nitro groups is 1. The first-order chi connectivity index (χ1) is 10.1. The first-order valence-corrected chi connectivity index (χ1v) is 6.92. The van der Waals surface area contributed by atoms with E-state index >= 15 is 0 Å². The number of halogens is 1. The quantitative estimate of drug-likeness (QED) is 0.635. The van der Waals surface area contributed by atoms with Crippen LogP contribution in [0.4, 0.5) is 5.69 Å². The van der Waals surface area contributed by atoms with Gasteiger partial charge in [-0.1, -0.05) is 18.6 Å². The number of benzene rings is 1. The second kappa shape index (κ2) is 8.55. The minimum Gasteiger partial charge on any atom is -0.485 e. The van der Waals surface area contributed by atoms with Crippen LogP contribution in [0.2, 0.25) is 0 Å². The van der Waals surface area contributed by atoms with Crippen LogP contribution in [0, 0.1) is 10.1 Å². The largest absolute Gasteiger partial charge is 0.485 e. The van der Waals surface area contributed by atoms with E-state index in [0.717, 1.165) is 19.4 Å². The molecule has 0 amide bonds. The Morgan fingerprint density at radius 1 is 1.41 bits per heavy atom. The molecule has 7 nitrogen and oxygen atoms in total. The Kier molecular flexibility index (Phi) is 7.07. The minimum absolute atomic E-state index is 0. The summed E-state index contributed by atoms with van der Waals surface area (Å²) >= 11 is 0. The number of carboxylic acids is 1. The Morgan fingerprint density at radius 3 is 2.82 bits per heavy atom. The summed E-state index contributed by atoms with van der Waals surface area (Å²) in [5, 5.41) is 20.0. The molecule has 1 N–H and O–H groups in total. The number of likely N-dealkylation sites (tertiary alicyclic amines) is 1. The van der Waals surface area contributed by atoms with Crippen LogP contribution < -0.4 is 4.74 Å². The van der Waals surface area contributed by atoms with Crippen molar-refractivity contribution in [3.05, 3.63) is 34.4 Å². The van der Waals surface area contributed by atoms with E-state index in [2.05, 4.69) is 0 Å². The number of nitrogens with zero attached hydrogens (tertiary/aromatic N) is 2. The van der Waals surface area contributed by atoms with Crippen LogP contribution in [-0.4, -0.2) is 46.6 Å². The van der Waals surface area contributed by atoms with Crippen molar-refractivity contribution < 1.29 is 19.6 Å². The molecule has 1 aliphatic heterocycles. The maximum Gasteiger partial charge on any atom is 0.320 e. The molecule has 1 fully saturated rings. The normalized spacial score (nSPS) is 18.3. The lowest BCUT2D eigenvalue weighted by Gasteiger charge is -2.32. The fraction of sp³-hybridized carbons (Fsp3) is 0.500. The zero-order chi connectivity index (χ0) is 15.2. The second-order valence-electron chi connectivity index (χ2n) is 4.96. The van der Waals surface area contributed by atoms with Crippen LogP contribution in [-0.2, 0) is 4.79 Å². The van der Waals surface area contributed by atoms with E-state index in [4.69, 9.17) is 4.74 Å². The van der Waals surface area contributed by atoms with Gasteiger partial charge in [-0.3, -0.25) is 19.8 Å². The van der Waals surface area contributed by atoms with E-state index in [1.54, 1.807) is 18.2 Å². The summed E-state index contributed by atoms with van der Waals surface area (Å²) in [6, 6.07) is 5.70. The van der Waals surface area contributed by atoms with Gasteiger partial charge in [0.05, 0.1) is 4.92 Å². The number of hydrogen-bond donors (Lipinski definition) is 1. The molecule has 1 saturated heterocycles. The maximum absolute atomic E-state index is 11.2. The van der Waals surface area contributed by atoms with E-state index in [-0.39, 0.29) is 30.5 Å². The van der Waals surface area contributed by atoms with E-state index < -0.39 is 16.9 Å². The predicted octanol–water partition coefficient (Wildman–Crippen LogP) is 2.33. The van der Waals surface area contributed by atoms with Gasteiger partial charge in [0.1, 0.15) is 12.6 Å². The van der Waals surface area contributed by atoms with E-state index in [1.165, 1.54) is 6.07 Å². The van der Waals surface area contributed by atoms with Crippen molar-refractivity contribution in [3.63, 3.8) is 0 Å². The Hall–Kier alpha value is -1.86. The summed E-state index contributed by atoms with van der Waals surface area (Å²) in [5.41, 5.74) is -0.0778. The molecule has 0 aromatic heterocycles. The van der Waals surface area contributed by atoms with Gasteiger partial charge in [0.25, 0.3) is 0 Å². The molecule has 1 atom stereocenters. The first-order valence-electron chi connectivity index (χ1n) is 6.92. The molecule has 0 saturated carbocycles. The summed E-state index contributed by atoms with van der Waals surface area (Å²) in [5.74, 6) is -0.605. The molecule has 0 bridgehead atoms. The highest BCUT2D eigenvalue weighted by Crippen LogP contribution is 2.26. The number of rotatable bonds is 6. The van der Waals surface area contributed by atoms with Gasteiger partial charge in [-0.15, -0.1) is 12.4 Å². The van der Waals surface area contributed by atoms with Crippen molar-refractivity contribution in [2.24, 2.45) is 0 Å².